The minimum Gasteiger partial charge on any atom is -0.505 e. The maximum atomic E-state index is 15.6. The van der Waals surface area contributed by atoms with Gasteiger partial charge in [0.2, 0.25) is 0 Å². The number of imidazole rings is 3. The maximum absolute atomic E-state index is 15.6. The van der Waals surface area contributed by atoms with Crippen molar-refractivity contribution in [1.82, 2.24) is 78.4 Å². The zero-order chi connectivity index (χ0) is 93.6. The van der Waals surface area contributed by atoms with Crippen molar-refractivity contribution >= 4 is 90.7 Å². The number of benzene rings is 6. The average Bonchev–Trinajstić information content (AvgIpc) is 1.61. The number of H-pyrrole nitrogens is 2. The first-order chi connectivity index (χ1) is 61.7. The molecule has 0 aliphatic carbocycles. The van der Waals surface area contributed by atoms with Crippen molar-refractivity contribution in [2.75, 3.05) is 50.5 Å². The third-order valence-corrected chi connectivity index (χ3v) is 30.9. The van der Waals surface area contributed by atoms with Crippen LogP contribution in [0.4, 0.5) is 24.5 Å². The number of rotatable bonds is 42. The monoisotopic (exact) mass is 1860 g/mol. The Kier molecular flexibility index (Phi) is 32.6. The lowest BCUT2D eigenvalue weighted by Crippen LogP contribution is -2.22. The normalized spacial score (nSPS) is 12.2. The van der Waals surface area contributed by atoms with Gasteiger partial charge in [-0.05, 0) is 179 Å². The maximum Gasteiger partial charge on any atom is 0.189 e. The molecule has 0 aliphatic heterocycles. The zero-order valence-corrected chi connectivity index (χ0v) is 84.6. The summed E-state index contributed by atoms with van der Waals surface area (Å²) in [6.45, 7) is 48.4. The Morgan fingerprint density at radius 2 is 0.938 bits per heavy atom. The third kappa shape index (κ3) is 26.8. The Hall–Kier alpha value is -10.7. The first-order valence-electron chi connectivity index (χ1n) is 44.9. The van der Waals surface area contributed by atoms with Crippen molar-refractivity contribution in [2.45, 2.75) is 215 Å². The second kappa shape index (κ2) is 43.1. The van der Waals surface area contributed by atoms with E-state index in [-0.39, 0.29) is 44.3 Å². The molecule has 0 atom stereocenters. The minimum absolute atomic E-state index is 0.0237. The van der Waals surface area contributed by atoms with E-state index in [0.717, 1.165) is 154 Å². The Labute approximate surface area is 766 Å². The number of fused-ring (bicyclic) bond motifs is 3. The quantitative estimate of drug-likeness (QED) is 0.0103. The Morgan fingerprint density at radius 1 is 0.485 bits per heavy atom. The van der Waals surface area contributed by atoms with Gasteiger partial charge in [0.05, 0.1) is 71.0 Å². The molecule has 694 valence electrons. The van der Waals surface area contributed by atoms with Gasteiger partial charge in [0.15, 0.2) is 53.7 Å². The van der Waals surface area contributed by atoms with Gasteiger partial charge in [0.1, 0.15) is 55.5 Å². The number of carbonyl (C=O) groups excluding carboxylic acids is 1. The van der Waals surface area contributed by atoms with Crippen LogP contribution in [0.3, 0.4) is 0 Å². The summed E-state index contributed by atoms with van der Waals surface area (Å²) in [4.78, 5) is 29.2. The molecule has 0 unspecified atom stereocenters. The van der Waals surface area contributed by atoms with Gasteiger partial charge < -0.3 is 58.3 Å². The molecule has 0 saturated carbocycles. The van der Waals surface area contributed by atoms with Crippen LogP contribution in [-0.2, 0) is 97.1 Å². The lowest BCUT2D eigenvalue weighted by atomic mass is 9.95. The third-order valence-electron chi connectivity index (χ3n) is 22.4. The van der Waals surface area contributed by atoms with Crippen LogP contribution in [0, 0.1) is 24.4 Å². The minimum atomic E-state index is -1.30. The van der Waals surface area contributed by atoms with Crippen molar-refractivity contribution in [2.24, 2.45) is 14.1 Å². The summed E-state index contributed by atoms with van der Waals surface area (Å²) in [5, 5.41) is 45.2. The van der Waals surface area contributed by atoms with E-state index in [9.17, 15) is 18.7 Å². The highest BCUT2D eigenvalue weighted by atomic mass is 28.3. The van der Waals surface area contributed by atoms with Crippen LogP contribution in [0.15, 0.2) is 134 Å². The van der Waals surface area contributed by atoms with E-state index in [0.29, 0.717) is 106 Å². The van der Waals surface area contributed by atoms with E-state index in [2.05, 4.69) is 181 Å². The topological polar surface area (TPSA) is 281 Å². The van der Waals surface area contributed by atoms with Gasteiger partial charge in [-0.1, -0.05) is 143 Å². The van der Waals surface area contributed by atoms with Gasteiger partial charge in [0.25, 0.3) is 0 Å². The summed E-state index contributed by atoms with van der Waals surface area (Å²) >= 11 is 0. The number of aromatic nitrogens is 16. The second-order valence-corrected chi connectivity index (χ2v) is 67.6. The molecule has 130 heavy (non-hydrogen) atoms. The van der Waals surface area contributed by atoms with Gasteiger partial charge in [-0.2, -0.15) is 25.5 Å². The fourth-order valence-electron chi connectivity index (χ4n) is 14.6. The van der Waals surface area contributed by atoms with Gasteiger partial charge in [-0.3, -0.25) is 19.3 Å². The SMILES string of the molecule is CCc1cc(C)c(F)cc1-c1ccc2c(-c3nc(C=O)cn3COCC[Si](C)(C)C)nn(COCC[Si](C)(C)C)c2c1.CCc1cc(O)c(F)cc1-c1ccc2c(-c3ncc(CNc4cnn(C)c4)[nH]3)n[nH]c2c1.CCc1cc(OCOCC[Si](C)(C)C)c(F)cc1-c1ccc2c(-c3nc(CNc4cnn(C)c4)cn3COCC[Si](C)(C)C)nn(COCC[Si](C)(C)C)c2c1. The summed E-state index contributed by atoms with van der Waals surface area (Å²) in [7, 11) is -2.52. The average molecular weight is 1860 g/mol. The number of carbonyl (C=O) groups is 1. The molecular weight excluding hydrogens is 1730 g/mol. The van der Waals surface area contributed by atoms with E-state index in [4.69, 9.17) is 43.6 Å². The molecule has 34 heteroatoms. The molecule has 0 amide bonds. The largest absolute Gasteiger partial charge is 0.505 e. The summed E-state index contributed by atoms with van der Waals surface area (Å²) in [5.74, 6) is 0.551. The highest BCUT2D eigenvalue weighted by molar-refractivity contribution is 6.77. The molecule has 8 aromatic heterocycles. The van der Waals surface area contributed by atoms with Crippen LogP contribution in [0.25, 0.3) is 101 Å². The number of anilines is 2. The number of aldehydes is 1. The van der Waals surface area contributed by atoms with Crippen LogP contribution in [0.5, 0.6) is 11.5 Å². The molecule has 14 aromatic rings. The molecule has 6 aromatic carbocycles. The smallest absolute Gasteiger partial charge is 0.189 e. The number of halogens is 3. The molecule has 0 bridgehead atoms. The number of phenolic OH excluding ortho intramolecular Hbond substituents is 1. The first-order valence-corrected chi connectivity index (χ1v) is 63.5. The van der Waals surface area contributed by atoms with Gasteiger partial charge in [0, 0.05) is 128 Å². The number of aryl methyl sites for hydroxylation is 6. The van der Waals surface area contributed by atoms with Crippen molar-refractivity contribution in [1.29, 1.82) is 0 Å². The Morgan fingerprint density at radius 3 is 1.44 bits per heavy atom. The molecule has 0 fully saturated rings. The summed E-state index contributed by atoms with van der Waals surface area (Å²) < 4.78 is 91.7. The molecule has 14 rings (SSSR count). The van der Waals surface area contributed by atoms with Crippen molar-refractivity contribution < 1.29 is 51.5 Å². The molecule has 0 spiro atoms. The lowest BCUT2D eigenvalue weighted by molar-refractivity contribution is 0.0197. The van der Waals surface area contributed by atoms with Crippen molar-refractivity contribution in [3.63, 3.8) is 0 Å². The van der Waals surface area contributed by atoms with Gasteiger partial charge >= 0.3 is 0 Å². The van der Waals surface area contributed by atoms with Crippen LogP contribution in [0.1, 0.15) is 64.9 Å². The van der Waals surface area contributed by atoms with E-state index in [1.807, 2.05) is 96.0 Å². The van der Waals surface area contributed by atoms with Crippen LogP contribution >= 0.6 is 0 Å². The summed E-state index contributed by atoms with van der Waals surface area (Å²) in [5.41, 5.74) is 17.3. The molecule has 0 saturated heterocycles. The second-order valence-electron chi connectivity index (χ2n) is 39.5. The number of ether oxygens (including phenoxy) is 6. The predicted molar refractivity (Wildman–Crippen MR) is 529 cm³/mol. The van der Waals surface area contributed by atoms with E-state index >= 15 is 4.39 Å². The highest BCUT2D eigenvalue weighted by Gasteiger charge is 2.27. The number of nitrogens with zero attached hydrogens (tertiary/aromatic N) is 14. The molecule has 0 radical (unpaired) electrons. The van der Waals surface area contributed by atoms with Crippen molar-refractivity contribution in [3.8, 4) is 79.4 Å². The summed E-state index contributed by atoms with van der Waals surface area (Å²) in [6.07, 6.45) is 15.9. The van der Waals surface area contributed by atoms with Crippen LogP contribution in [-0.4, -0.2) is 170 Å². The molecule has 8 heterocycles. The standard InChI is InChI=1S/C41H64FN7O4Si3.C32H45FN4O3Si2.C23H22FN7O/c1-12-31-22-39(53-30-52-17-20-56(9,10)11)37(42)23-36(31)32-13-14-35-38(21-32)49(29-51-16-19-55(6,7)8)46-40(35)41-45-34(24-43-33-25-44-47(2)26-33)27-48(41)28-50-15-18-54(3,4)5;1-9-24-16-23(2)29(33)18-28(24)25-10-11-27-30(17-25)37(22-40-13-15-42(6,7)8)35-31(27)32-34-26(20-38)19-36(32)21-39-12-14-41(3,4)5;1-3-13-7-21(32)19(24)8-18(13)14-4-5-17-20(6-14)29-30-22(17)23-26-10-15(28-23)9-25-16-11-27-31(2)12-16/h13-14,21-23,25-27,43H,12,15-20,24,28-30H2,1-11H3;10-11,16-20H,9,12-15,21-22H2,1-8H3;4-8,10-12,25,32H,3,9H2,1-2H3,(H,26,28)(H,29,30). The highest BCUT2D eigenvalue weighted by Crippen LogP contribution is 2.40. The Bertz CT molecular complexity index is 6170. The molecule has 0 aliphatic rings. The number of aromatic hydroxyl groups is 1. The predicted octanol–water partition coefficient (Wildman–Crippen LogP) is 22.3. The first kappa shape index (κ1) is 98.4. The molecular formula is C96H131F3N18O8Si5. The van der Waals surface area contributed by atoms with E-state index < -0.39 is 52.0 Å². The van der Waals surface area contributed by atoms with E-state index in [1.165, 1.54) is 12.1 Å². The van der Waals surface area contributed by atoms with Gasteiger partial charge in [-0.25, -0.2) is 37.5 Å². The van der Waals surface area contributed by atoms with Crippen LogP contribution in [0.2, 0.25) is 128 Å². The number of aromatic amines is 2. The van der Waals surface area contributed by atoms with E-state index in [1.54, 1.807) is 59.3 Å². The fourth-order valence-corrected chi connectivity index (χ4v) is 18.4. The Balaban J connectivity index is 0.000000183. The lowest BCUT2D eigenvalue weighted by Gasteiger charge is -2.16. The molecule has 26 nitrogen and oxygen atoms in total. The zero-order valence-electron chi connectivity index (χ0n) is 79.6. The van der Waals surface area contributed by atoms with Gasteiger partial charge in [-0.15, -0.1) is 0 Å². The number of hydrogen-bond acceptors (Lipinski definition) is 18. The fraction of sp³-hybridized carbons (Fsp3) is 0.427. The number of nitrogens with one attached hydrogen (secondary N) is 4. The number of phenols is 1. The number of hydrogen-bond donors (Lipinski definition) is 5. The molecule has 5 N–H and O–H groups in total. The van der Waals surface area contributed by atoms with Crippen LogP contribution < -0.4 is 15.4 Å². The summed E-state index contributed by atoms with van der Waals surface area (Å²) in [6, 6.07) is 33.1. The van der Waals surface area contributed by atoms with Crippen molar-refractivity contribution in [3.05, 3.63) is 191 Å².